The maximum Gasteiger partial charge on any atom is 0.335 e. The van der Waals surface area contributed by atoms with E-state index < -0.39 is 5.97 Å². The van der Waals surface area contributed by atoms with Crippen LogP contribution in [0, 0.1) is 0 Å². The summed E-state index contributed by atoms with van der Waals surface area (Å²) in [5.74, 6) is 0.577. The lowest BCUT2D eigenvalue weighted by molar-refractivity contribution is 0.0697. The highest BCUT2D eigenvalue weighted by Crippen LogP contribution is 2.38. The minimum atomic E-state index is -0.930. The zero-order chi connectivity index (χ0) is 20.9. The number of para-hydroxylation sites is 2. The van der Waals surface area contributed by atoms with Crippen molar-refractivity contribution in [2.24, 2.45) is 5.73 Å². The Kier molecular flexibility index (Phi) is 5.82. The van der Waals surface area contributed by atoms with Gasteiger partial charge in [-0.25, -0.2) is 4.79 Å². The van der Waals surface area contributed by atoms with E-state index in [-0.39, 0.29) is 5.56 Å². The number of H-pyrrole nitrogens is 1. The molecule has 5 heteroatoms. The Morgan fingerprint density at radius 3 is 2.50 bits per heavy atom. The van der Waals surface area contributed by atoms with Gasteiger partial charge in [-0.1, -0.05) is 30.3 Å². The maximum absolute atomic E-state index is 11.5. The van der Waals surface area contributed by atoms with Crippen LogP contribution in [-0.2, 0) is 6.42 Å². The monoisotopic (exact) mass is 400 g/mol. The molecule has 0 amide bonds. The van der Waals surface area contributed by atoms with Gasteiger partial charge in [-0.2, -0.15) is 0 Å². The number of aromatic carboxylic acids is 1. The van der Waals surface area contributed by atoms with Crippen molar-refractivity contribution in [2.45, 2.75) is 19.3 Å². The number of unbranched alkanes of at least 4 members (excludes halogenated alkanes) is 1. The molecule has 0 saturated heterocycles. The first-order chi connectivity index (χ1) is 14.7. The Morgan fingerprint density at radius 1 is 0.967 bits per heavy atom. The van der Waals surface area contributed by atoms with Crippen LogP contribution in [0.5, 0.6) is 11.5 Å². The largest absolute Gasteiger partial charge is 0.478 e. The van der Waals surface area contributed by atoms with Gasteiger partial charge in [-0.05, 0) is 73.8 Å². The van der Waals surface area contributed by atoms with Gasteiger partial charge < -0.3 is 20.6 Å². The van der Waals surface area contributed by atoms with Crippen LogP contribution in [0.3, 0.4) is 0 Å². The van der Waals surface area contributed by atoms with Gasteiger partial charge in [-0.3, -0.25) is 0 Å². The zero-order valence-electron chi connectivity index (χ0n) is 16.6. The molecule has 4 N–H and O–H groups in total. The van der Waals surface area contributed by atoms with Crippen molar-refractivity contribution in [3.8, 4) is 22.8 Å². The molecule has 30 heavy (non-hydrogen) atoms. The second-order valence-corrected chi connectivity index (χ2v) is 7.20. The first-order valence-corrected chi connectivity index (χ1v) is 10.1. The lowest BCUT2D eigenvalue weighted by atomic mass is 9.99. The molecule has 0 aliphatic carbocycles. The number of fused-ring (bicyclic) bond motifs is 1. The van der Waals surface area contributed by atoms with Crippen molar-refractivity contribution < 1.29 is 14.6 Å². The van der Waals surface area contributed by atoms with E-state index in [2.05, 4.69) is 4.98 Å². The SMILES string of the molecule is NCCCCc1c(-c2ccccc2Oc2ccccc2)[nH]c2ccc(C(=O)O)cc12. The molecular formula is C25H24N2O3. The Bertz CT molecular complexity index is 1170. The molecule has 0 aliphatic heterocycles. The molecule has 4 aromatic rings. The van der Waals surface area contributed by atoms with Crippen LogP contribution in [0.4, 0.5) is 0 Å². The Hall–Kier alpha value is -3.57. The molecule has 0 saturated carbocycles. The van der Waals surface area contributed by atoms with E-state index in [1.165, 1.54) is 0 Å². The summed E-state index contributed by atoms with van der Waals surface area (Å²) in [5, 5.41) is 10.4. The summed E-state index contributed by atoms with van der Waals surface area (Å²) in [6.45, 7) is 0.631. The summed E-state index contributed by atoms with van der Waals surface area (Å²) in [4.78, 5) is 15.0. The molecule has 0 unspecified atom stereocenters. The summed E-state index contributed by atoms with van der Waals surface area (Å²) >= 11 is 0. The van der Waals surface area contributed by atoms with E-state index in [0.717, 1.165) is 58.5 Å². The van der Waals surface area contributed by atoms with Crippen LogP contribution in [0.25, 0.3) is 22.2 Å². The van der Waals surface area contributed by atoms with E-state index in [4.69, 9.17) is 10.5 Å². The second-order valence-electron chi connectivity index (χ2n) is 7.20. The number of carboxylic acid groups (broad SMARTS) is 1. The van der Waals surface area contributed by atoms with E-state index in [9.17, 15) is 9.90 Å². The van der Waals surface area contributed by atoms with Crippen LogP contribution in [0.1, 0.15) is 28.8 Å². The Balaban J connectivity index is 1.83. The third-order valence-electron chi connectivity index (χ3n) is 5.16. The third-order valence-corrected chi connectivity index (χ3v) is 5.16. The van der Waals surface area contributed by atoms with Crippen molar-refractivity contribution in [1.29, 1.82) is 0 Å². The number of hydrogen-bond donors (Lipinski definition) is 3. The van der Waals surface area contributed by atoms with Crippen LogP contribution in [0.2, 0.25) is 0 Å². The molecule has 1 aromatic heterocycles. The molecule has 0 fully saturated rings. The summed E-state index contributed by atoms with van der Waals surface area (Å²) in [5.41, 5.74) is 9.87. The average Bonchev–Trinajstić information content (AvgIpc) is 3.12. The molecule has 152 valence electrons. The number of hydrogen-bond acceptors (Lipinski definition) is 3. The van der Waals surface area contributed by atoms with Gasteiger partial charge >= 0.3 is 5.97 Å². The van der Waals surface area contributed by atoms with Gasteiger partial charge in [0.15, 0.2) is 0 Å². The lowest BCUT2D eigenvalue weighted by Gasteiger charge is -2.12. The molecule has 4 rings (SSSR count). The van der Waals surface area contributed by atoms with E-state index >= 15 is 0 Å². The number of nitrogens with two attached hydrogens (primary N) is 1. The number of rotatable bonds is 8. The molecule has 3 aromatic carbocycles. The number of aryl methyl sites for hydroxylation is 1. The Morgan fingerprint density at radius 2 is 1.73 bits per heavy atom. The van der Waals surface area contributed by atoms with Crippen molar-refractivity contribution in [3.63, 3.8) is 0 Å². The highest BCUT2D eigenvalue weighted by molar-refractivity contribution is 5.98. The van der Waals surface area contributed by atoms with E-state index in [1.54, 1.807) is 12.1 Å². The number of nitrogens with one attached hydrogen (secondary N) is 1. The van der Waals surface area contributed by atoms with Gasteiger partial charge in [0.1, 0.15) is 11.5 Å². The summed E-state index contributed by atoms with van der Waals surface area (Å²) in [7, 11) is 0. The fraction of sp³-hybridized carbons (Fsp3) is 0.160. The predicted molar refractivity (Wildman–Crippen MR) is 119 cm³/mol. The third kappa shape index (κ3) is 4.07. The molecule has 0 bridgehead atoms. The number of aromatic nitrogens is 1. The average molecular weight is 400 g/mol. The highest BCUT2D eigenvalue weighted by Gasteiger charge is 2.18. The number of benzene rings is 3. The molecule has 0 spiro atoms. The molecule has 5 nitrogen and oxygen atoms in total. The zero-order valence-corrected chi connectivity index (χ0v) is 16.6. The first kappa shape index (κ1) is 19.7. The maximum atomic E-state index is 11.5. The van der Waals surface area contributed by atoms with Crippen LogP contribution < -0.4 is 10.5 Å². The standard InChI is InChI=1S/C25H24N2O3/c26-15-7-6-10-19-21-16-17(25(28)29)13-14-22(21)27-24(19)20-11-4-5-12-23(20)30-18-8-2-1-3-9-18/h1-5,8-9,11-14,16,27H,6-7,10,15,26H2,(H,28,29). The Labute approximate surface area is 175 Å². The van der Waals surface area contributed by atoms with Crippen molar-refractivity contribution in [1.82, 2.24) is 4.98 Å². The normalized spacial score (nSPS) is 11.0. The molecular weight excluding hydrogens is 376 g/mol. The number of ether oxygens (including phenoxy) is 1. The molecule has 0 radical (unpaired) electrons. The van der Waals surface area contributed by atoms with Crippen molar-refractivity contribution in [2.75, 3.05) is 6.54 Å². The van der Waals surface area contributed by atoms with Gasteiger partial charge in [-0.15, -0.1) is 0 Å². The van der Waals surface area contributed by atoms with Gasteiger partial charge in [0.25, 0.3) is 0 Å². The topological polar surface area (TPSA) is 88.3 Å². The van der Waals surface area contributed by atoms with E-state index in [0.29, 0.717) is 6.54 Å². The highest BCUT2D eigenvalue weighted by atomic mass is 16.5. The van der Waals surface area contributed by atoms with Crippen molar-refractivity contribution >= 4 is 16.9 Å². The van der Waals surface area contributed by atoms with Crippen molar-refractivity contribution in [3.05, 3.63) is 83.9 Å². The second kappa shape index (κ2) is 8.84. The van der Waals surface area contributed by atoms with Crippen LogP contribution in [-0.4, -0.2) is 22.6 Å². The van der Waals surface area contributed by atoms with Crippen LogP contribution in [0.15, 0.2) is 72.8 Å². The van der Waals surface area contributed by atoms with Gasteiger partial charge in [0.2, 0.25) is 0 Å². The van der Waals surface area contributed by atoms with Gasteiger partial charge in [0.05, 0.1) is 11.3 Å². The molecule has 1 heterocycles. The van der Waals surface area contributed by atoms with Gasteiger partial charge in [0, 0.05) is 16.5 Å². The fourth-order valence-corrected chi connectivity index (χ4v) is 3.69. The first-order valence-electron chi connectivity index (χ1n) is 10.1. The fourth-order valence-electron chi connectivity index (χ4n) is 3.69. The summed E-state index contributed by atoms with van der Waals surface area (Å²) in [6.07, 6.45) is 2.64. The lowest BCUT2D eigenvalue weighted by Crippen LogP contribution is -2.00. The minimum absolute atomic E-state index is 0.280. The quantitative estimate of drug-likeness (QED) is 0.336. The molecule has 0 aliphatic rings. The smallest absolute Gasteiger partial charge is 0.335 e. The minimum Gasteiger partial charge on any atom is -0.478 e. The predicted octanol–water partition coefficient (Wildman–Crippen LogP) is 5.61. The molecule has 0 atom stereocenters. The van der Waals surface area contributed by atoms with Crippen LogP contribution >= 0.6 is 0 Å². The number of aromatic amines is 1. The number of carbonyl (C=O) groups is 1. The van der Waals surface area contributed by atoms with E-state index in [1.807, 2.05) is 60.7 Å². The summed E-state index contributed by atoms with van der Waals surface area (Å²) < 4.78 is 6.17. The summed E-state index contributed by atoms with van der Waals surface area (Å²) in [6, 6.07) is 22.8. The number of carboxylic acids is 1.